The molecule has 3 atom stereocenters. The number of halogens is 3. The Morgan fingerprint density at radius 1 is 1.02 bits per heavy atom. The summed E-state index contributed by atoms with van der Waals surface area (Å²) in [6, 6.07) is 12.0. The first-order chi connectivity index (χ1) is 18.8. The molecule has 2 amide bonds. The number of carbonyl (C=O) groups excluding carboxylic acids is 1. The Hall–Kier alpha value is -3.67. The molecule has 0 unspecified atom stereocenters. The molecular weight excluding hydrogens is 531 g/mol. The molecule has 4 rings (SSSR count). The Morgan fingerprint density at radius 3 is 2.17 bits per heavy atom. The van der Waals surface area contributed by atoms with Crippen LogP contribution in [0, 0.1) is 6.92 Å². The van der Waals surface area contributed by atoms with E-state index in [1.807, 2.05) is 31.2 Å². The van der Waals surface area contributed by atoms with Gasteiger partial charge in [0.15, 0.2) is 11.5 Å². The second-order valence-electron chi connectivity index (χ2n) is 10.1. The summed E-state index contributed by atoms with van der Waals surface area (Å²) >= 11 is 0. The van der Waals surface area contributed by atoms with E-state index in [1.54, 1.807) is 26.2 Å². The van der Waals surface area contributed by atoms with Crippen LogP contribution >= 0.6 is 0 Å². The number of aliphatic carboxylic acids is 1. The third-order valence-electron chi connectivity index (χ3n) is 7.90. The molecule has 0 aromatic heterocycles. The number of fused-ring (bicyclic) bond motifs is 1. The van der Waals surface area contributed by atoms with Crippen LogP contribution in [0.25, 0.3) is 0 Å². The fourth-order valence-electron chi connectivity index (χ4n) is 5.96. The van der Waals surface area contributed by atoms with Crippen molar-refractivity contribution in [3.8, 4) is 17.2 Å². The molecule has 1 heterocycles. The van der Waals surface area contributed by atoms with E-state index in [-0.39, 0.29) is 17.5 Å². The molecule has 1 saturated carbocycles. The van der Waals surface area contributed by atoms with Crippen LogP contribution in [0.3, 0.4) is 0 Å². The number of amides is 2. The van der Waals surface area contributed by atoms with Crippen molar-refractivity contribution in [1.29, 1.82) is 0 Å². The van der Waals surface area contributed by atoms with Crippen molar-refractivity contribution in [2.24, 2.45) is 5.73 Å². The summed E-state index contributed by atoms with van der Waals surface area (Å²) in [5.41, 5.74) is 9.03. The monoisotopic (exact) mass is 567 g/mol. The quantitative estimate of drug-likeness (QED) is 0.519. The lowest BCUT2D eigenvalue weighted by molar-refractivity contribution is -0.192. The molecule has 9 nitrogen and oxygen atoms in total. The largest absolute Gasteiger partial charge is 0.495 e. The molecule has 2 fully saturated rings. The number of rotatable bonds is 6. The van der Waals surface area contributed by atoms with Gasteiger partial charge in [0.25, 0.3) is 0 Å². The number of anilines is 1. The Morgan fingerprint density at radius 2 is 1.62 bits per heavy atom. The van der Waals surface area contributed by atoms with Gasteiger partial charge < -0.3 is 30.0 Å². The van der Waals surface area contributed by atoms with Crippen LogP contribution in [0.1, 0.15) is 36.8 Å². The first-order valence-electron chi connectivity index (χ1n) is 12.7. The van der Waals surface area contributed by atoms with E-state index in [4.69, 9.17) is 29.8 Å². The minimum atomic E-state index is -5.08. The van der Waals surface area contributed by atoms with E-state index >= 15 is 0 Å². The van der Waals surface area contributed by atoms with Gasteiger partial charge in [-0.2, -0.15) is 13.2 Å². The van der Waals surface area contributed by atoms with Crippen molar-refractivity contribution in [2.45, 2.75) is 56.3 Å². The number of hydrogen-bond donors (Lipinski definition) is 2. The fraction of sp³-hybridized carbons (Fsp3) is 0.500. The third kappa shape index (κ3) is 6.22. The lowest BCUT2D eigenvalue weighted by Gasteiger charge is -2.47. The predicted molar refractivity (Wildman–Crippen MR) is 143 cm³/mol. The zero-order valence-corrected chi connectivity index (χ0v) is 23.2. The van der Waals surface area contributed by atoms with Crippen molar-refractivity contribution in [1.82, 2.24) is 4.90 Å². The van der Waals surface area contributed by atoms with Crippen molar-refractivity contribution >= 4 is 17.7 Å². The molecule has 40 heavy (non-hydrogen) atoms. The number of primary amides is 1. The summed E-state index contributed by atoms with van der Waals surface area (Å²) in [6.45, 7) is 3.02. The summed E-state index contributed by atoms with van der Waals surface area (Å²) in [4.78, 5) is 25.8. The number of carboxylic acid groups (broad SMARTS) is 1. The van der Waals surface area contributed by atoms with Crippen LogP contribution in [0.15, 0.2) is 36.4 Å². The fourth-order valence-corrected chi connectivity index (χ4v) is 5.96. The van der Waals surface area contributed by atoms with Crippen LogP contribution in [-0.4, -0.2) is 75.2 Å². The highest BCUT2D eigenvalue weighted by atomic mass is 19.4. The lowest BCUT2D eigenvalue weighted by atomic mass is 9.64. The molecule has 1 aliphatic carbocycles. The van der Waals surface area contributed by atoms with E-state index in [0.717, 1.165) is 55.0 Å². The zero-order valence-electron chi connectivity index (χ0n) is 23.2. The summed E-state index contributed by atoms with van der Waals surface area (Å²) < 4.78 is 48.4. The molecule has 1 saturated heterocycles. The highest BCUT2D eigenvalue weighted by molar-refractivity contribution is 5.93. The lowest BCUT2D eigenvalue weighted by Crippen LogP contribution is -2.54. The molecule has 220 valence electrons. The minimum absolute atomic E-state index is 0.00276. The maximum Gasteiger partial charge on any atom is 0.490 e. The Bertz CT molecular complexity index is 1220. The van der Waals surface area contributed by atoms with Gasteiger partial charge in [0.1, 0.15) is 5.75 Å². The topological polar surface area (TPSA) is 115 Å². The van der Waals surface area contributed by atoms with E-state index in [0.29, 0.717) is 5.75 Å². The minimum Gasteiger partial charge on any atom is -0.495 e. The van der Waals surface area contributed by atoms with Gasteiger partial charge in [-0.25, -0.2) is 9.59 Å². The number of hydrogen-bond acceptors (Lipinski definition) is 6. The molecule has 12 heteroatoms. The standard InChI is InChI=1S/C26H35N3O4.C2HF3O2/c1-17-6-8-21(31-3)20(14-17)29(25(27)30)19-10-11-26(12-13-28(2)24(26)16-19)18-7-9-22(32-4)23(15-18)33-5;3-2(4,5)1(6)7/h6-9,14-15,19,24H,10-13,16H2,1-5H3,(H2,27,30);(H,6,7)/t19-,24+,26+;/m1./s1. The molecular formula is C28H36F3N3O6. The normalized spacial score (nSPS) is 22.4. The number of carbonyl (C=O) groups is 2. The highest BCUT2D eigenvalue weighted by Crippen LogP contribution is 2.51. The van der Waals surface area contributed by atoms with Crippen LogP contribution in [0.4, 0.5) is 23.7 Å². The number of urea groups is 1. The first kappa shape index (κ1) is 30.9. The van der Waals surface area contributed by atoms with Gasteiger partial charge in [-0.05, 0) is 81.6 Å². The Kier molecular flexibility index (Phi) is 9.44. The predicted octanol–water partition coefficient (Wildman–Crippen LogP) is 4.73. The Balaban J connectivity index is 0.000000559. The van der Waals surface area contributed by atoms with Crippen LogP contribution < -0.4 is 24.8 Å². The van der Waals surface area contributed by atoms with Crippen molar-refractivity contribution in [3.05, 3.63) is 47.5 Å². The molecule has 0 bridgehead atoms. The number of carboxylic acids is 1. The van der Waals surface area contributed by atoms with Crippen LogP contribution in [0.2, 0.25) is 0 Å². The molecule has 2 aromatic carbocycles. The Labute approximate surface area is 231 Å². The summed E-state index contributed by atoms with van der Waals surface area (Å²) in [5, 5.41) is 7.12. The van der Waals surface area contributed by atoms with Gasteiger partial charge in [0.05, 0.1) is 27.0 Å². The molecule has 0 spiro atoms. The van der Waals surface area contributed by atoms with Crippen molar-refractivity contribution in [3.63, 3.8) is 0 Å². The zero-order chi connectivity index (χ0) is 29.8. The summed E-state index contributed by atoms with van der Waals surface area (Å²) in [5.74, 6) is -0.604. The maximum absolute atomic E-state index is 12.7. The number of nitrogens with zero attached hydrogens (tertiary/aromatic N) is 2. The number of methoxy groups -OCH3 is 3. The number of nitrogens with two attached hydrogens (primary N) is 1. The van der Waals surface area contributed by atoms with Crippen molar-refractivity contribution < 1.29 is 42.1 Å². The van der Waals surface area contributed by atoms with Gasteiger partial charge in [0.2, 0.25) is 0 Å². The molecule has 0 radical (unpaired) electrons. The highest BCUT2D eigenvalue weighted by Gasteiger charge is 2.52. The molecule has 3 N–H and O–H groups in total. The number of aryl methyl sites for hydroxylation is 1. The van der Waals surface area contributed by atoms with Gasteiger partial charge in [0, 0.05) is 17.5 Å². The van der Waals surface area contributed by atoms with E-state index in [1.165, 1.54) is 5.56 Å². The number of ether oxygens (including phenoxy) is 3. The average Bonchev–Trinajstić information content (AvgIpc) is 3.25. The molecule has 1 aliphatic heterocycles. The molecule has 2 aliphatic rings. The van der Waals surface area contributed by atoms with E-state index in [9.17, 15) is 18.0 Å². The SMILES string of the molecule is COc1ccc([C@@]23CC[C@@H](N(C(N)=O)c4cc(C)ccc4OC)C[C@@H]2N(C)CC3)cc1OC.O=C(O)C(F)(F)F. The van der Waals surface area contributed by atoms with Crippen LogP contribution in [-0.2, 0) is 10.2 Å². The smallest absolute Gasteiger partial charge is 0.490 e. The summed E-state index contributed by atoms with van der Waals surface area (Å²) in [7, 11) is 7.14. The number of alkyl halides is 3. The van der Waals surface area contributed by atoms with Gasteiger partial charge in [-0.3, -0.25) is 4.90 Å². The van der Waals surface area contributed by atoms with Crippen LogP contribution in [0.5, 0.6) is 17.2 Å². The van der Waals surface area contributed by atoms with Crippen molar-refractivity contribution in [2.75, 3.05) is 39.8 Å². The number of likely N-dealkylation sites (tertiary alicyclic amines) is 1. The van der Waals surface area contributed by atoms with Gasteiger partial charge in [-0.1, -0.05) is 12.1 Å². The van der Waals surface area contributed by atoms with E-state index < -0.39 is 18.2 Å². The number of likely N-dealkylation sites (N-methyl/N-ethyl adjacent to an activating group) is 1. The van der Waals surface area contributed by atoms with Gasteiger partial charge in [-0.15, -0.1) is 0 Å². The summed E-state index contributed by atoms with van der Waals surface area (Å²) in [6.07, 6.45) is -1.36. The van der Waals surface area contributed by atoms with E-state index in [2.05, 4.69) is 24.1 Å². The molecule has 2 aromatic rings. The average molecular weight is 568 g/mol. The third-order valence-corrected chi connectivity index (χ3v) is 7.90. The first-order valence-corrected chi connectivity index (χ1v) is 12.7. The maximum atomic E-state index is 12.7. The second-order valence-corrected chi connectivity index (χ2v) is 10.1. The van der Waals surface area contributed by atoms with Gasteiger partial charge >= 0.3 is 18.2 Å². The second kappa shape index (κ2) is 12.2. The number of benzene rings is 2.